The largest absolute Gasteiger partial charge is 0.444 e. The molecule has 0 unspecified atom stereocenters. The third-order valence-electron chi connectivity index (χ3n) is 4.32. The molecular formula is C20H25FN4O4. The van der Waals surface area contributed by atoms with Gasteiger partial charge in [-0.05, 0) is 44.0 Å². The first-order valence-electron chi connectivity index (χ1n) is 9.48. The lowest BCUT2D eigenvalue weighted by molar-refractivity contribution is -0.115. The van der Waals surface area contributed by atoms with Crippen LogP contribution in [0.3, 0.4) is 0 Å². The van der Waals surface area contributed by atoms with E-state index in [1.807, 2.05) is 13.8 Å². The van der Waals surface area contributed by atoms with Gasteiger partial charge in [0.15, 0.2) is 5.82 Å². The number of anilines is 1. The molecule has 1 aromatic carbocycles. The lowest BCUT2D eigenvalue weighted by atomic mass is 10.1. The number of aromatic nitrogens is 2. The second-order valence-electron chi connectivity index (χ2n) is 7.45. The van der Waals surface area contributed by atoms with Gasteiger partial charge in [0.1, 0.15) is 18.0 Å². The van der Waals surface area contributed by atoms with Gasteiger partial charge in [0, 0.05) is 18.5 Å². The van der Waals surface area contributed by atoms with Crippen molar-refractivity contribution in [2.75, 3.05) is 11.9 Å². The van der Waals surface area contributed by atoms with Gasteiger partial charge in [0.2, 0.25) is 5.91 Å². The number of aromatic amines is 1. The van der Waals surface area contributed by atoms with Crippen LogP contribution in [-0.2, 0) is 20.7 Å². The number of aryl methyl sites for hydroxylation is 1. The van der Waals surface area contributed by atoms with Gasteiger partial charge in [-0.1, -0.05) is 6.07 Å². The topological polar surface area (TPSA) is 105 Å². The average molecular weight is 404 g/mol. The summed E-state index contributed by atoms with van der Waals surface area (Å²) in [5.74, 6) is -0.317. The lowest BCUT2D eigenvalue weighted by Crippen LogP contribution is -2.33. The Balaban J connectivity index is 1.51. The van der Waals surface area contributed by atoms with Crippen molar-refractivity contribution in [3.63, 3.8) is 0 Å². The number of benzene rings is 1. The molecule has 2 aromatic rings. The van der Waals surface area contributed by atoms with Crippen LogP contribution in [0, 0.1) is 12.7 Å². The van der Waals surface area contributed by atoms with Crippen molar-refractivity contribution >= 4 is 17.8 Å². The molecule has 8 nitrogen and oxygen atoms in total. The summed E-state index contributed by atoms with van der Waals surface area (Å²) in [6.45, 7) is 5.77. The fourth-order valence-corrected chi connectivity index (χ4v) is 3.17. The van der Waals surface area contributed by atoms with E-state index in [0.717, 1.165) is 5.56 Å². The minimum Gasteiger partial charge on any atom is -0.444 e. The van der Waals surface area contributed by atoms with E-state index in [9.17, 15) is 14.0 Å². The van der Waals surface area contributed by atoms with Crippen molar-refractivity contribution < 1.29 is 23.5 Å². The molecule has 0 radical (unpaired) electrons. The normalized spacial score (nSPS) is 18.7. The fraction of sp³-hybridized carbons (Fsp3) is 0.450. The van der Waals surface area contributed by atoms with Crippen molar-refractivity contribution in [3.8, 4) is 0 Å². The molecule has 0 saturated carbocycles. The summed E-state index contributed by atoms with van der Waals surface area (Å²) in [4.78, 5) is 23.9. The van der Waals surface area contributed by atoms with Crippen molar-refractivity contribution in [3.05, 3.63) is 46.9 Å². The van der Waals surface area contributed by atoms with E-state index in [4.69, 9.17) is 9.47 Å². The van der Waals surface area contributed by atoms with Crippen molar-refractivity contribution in [2.45, 2.75) is 51.9 Å². The molecule has 3 N–H and O–H groups in total. The van der Waals surface area contributed by atoms with Crippen LogP contribution in [0.4, 0.5) is 15.0 Å². The van der Waals surface area contributed by atoms with Gasteiger partial charge in [0.25, 0.3) is 0 Å². The van der Waals surface area contributed by atoms with E-state index in [2.05, 4.69) is 20.8 Å². The molecule has 3 rings (SSSR count). The first kappa shape index (κ1) is 20.8. The Kier molecular flexibility index (Phi) is 6.48. The molecule has 29 heavy (non-hydrogen) atoms. The van der Waals surface area contributed by atoms with Crippen LogP contribution in [0.1, 0.15) is 43.2 Å². The van der Waals surface area contributed by atoms with Crippen LogP contribution in [0.25, 0.3) is 0 Å². The van der Waals surface area contributed by atoms with Crippen LogP contribution in [0.5, 0.6) is 0 Å². The average Bonchev–Trinajstić information content (AvgIpc) is 3.22. The smallest absolute Gasteiger partial charge is 0.407 e. The summed E-state index contributed by atoms with van der Waals surface area (Å²) in [6, 6.07) is 6.18. The van der Waals surface area contributed by atoms with Gasteiger partial charge in [0.05, 0.1) is 18.7 Å². The number of nitrogens with one attached hydrogen (secondary N) is 3. The molecule has 2 atom stereocenters. The monoisotopic (exact) mass is 404 g/mol. The minimum atomic E-state index is -0.473. The van der Waals surface area contributed by atoms with Crippen LogP contribution < -0.4 is 10.6 Å². The number of rotatable bonds is 6. The number of hydrogen-bond donors (Lipinski definition) is 3. The molecule has 1 aliphatic heterocycles. The van der Waals surface area contributed by atoms with Gasteiger partial charge < -0.3 is 20.1 Å². The highest BCUT2D eigenvalue weighted by Gasteiger charge is 2.31. The number of carbonyl (C=O) groups is 2. The summed E-state index contributed by atoms with van der Waals surface area (Å²) in [6.07, 6.45) is -0.600. The van der Waals surface area contributed by atoms with E-state index in [0.29, 0.717) is 23.5 Å². The SMILES string of the molecule is Cc1cc(F)cc(CC(=O)Nc2cc([C@@H]3C[C@H](OC(=O)NC(C)C)CO3)[nH]n2)c1. The first-order chi connectivity index (χ1) is 13.8. The number of amides is 2. The molecule has 2 heterocycles. The molecule has 0 bridgehead atoms. The summed E-state index contributed by atoms with van der Waals surface area (Å²) >= 11 is 0. The van der Waals surface area contributed by atoms with Gasteiger partial charge in [-0.2, -0.15) is 5.10 Å². The molecule has 1 aliphatic rings. The molecule has 1 aromatic heterocycles. The fourth-order valence-electron chi connectivity index (χ4n) is 3.17. The second kappa shape index (κ2) is 9.04. The molecular weight excluding hydrogens is 379 g/mol. The molecule has 0 spiro atoms. The van der Waals surface area contributed by atoms with E-state index in [1.54, 1.807) is 19.1 Å². The zero-order valence-corrected chi connectivity index (χ0v) is 16.6. The number of H-pyrrole nitrogens is 1. The van der Waals surface area contributed by atoms with Crippen LogP contribution in [0.2, 0.25) is 0 Å². The van der Waals surface area contributed by atoms with Gasteiger partial charge >= 0.3 is 6.09 Å². The molecule has 156 valence electrons. The molecule has 1 saturated heterocycles. The zero-order valence-electron chi connectivity index (χ0n) is 16.6. The Morgan fingerprint density at radius 2 is 2.14 bits per heavy atom. The van der Waals surface area contributed by atoms with Crippen LogP contribution in [0.15, 0.2) is 24.3 Å². The Morgan fingerprint density at radius 1 is 1.34 bits per heavy atom. The number of hydrogen-bond acceptors (Lipinski definition) is 5. The quantitative estimate of drug-likeness (QED) is 0.686. The van der Waals surface area contributed by atoms with E-state index in [-0.39, 0.29) is 43.0 Å². The maximum Gasteiger partial charge on any atom is 0.407 e. The standard InChI is InChI=1S/C20H25FN4O4/c1-11(2)22-20(27)29-15-8-17(28-10-15)16-9-18(25-24-16)23-19(26)7-13-4-12(3)5-14(21)6-13/h4-6,9,11,15,17H,7-8,10H2,1-3H3,(H,22,27)(H2,23,24,25,26)/t15-,17-/m0/s1. The summed E-state index contributed by atoms with van der Waals surface area (Å²) in [7, 11) is 0. The highest BCUT2D eigenvalue weighted by molar-refractivity contribution is 5.91. The highest BCUT2D eigenvalue weighted by Crippen LogP contribution is 2.30. The number of nitrogens with zero attached hydrogens (tertiary/aromatic N) is 1. The minimum absolute atomic E-state index is 0.00399. The number of alkyl carbamates (subject to hydrolysis) is 1. The summed E-state index contributed by atoms with van der Waals surface area (Å²) in [5.41, 5.74) is 2.03. The van der Waals surface area contributed by atoms with E-state index < -0.39 is 6.09 Å². The lowest BCUT2D eigenvalue weighted by Gasteiger charge is -2.13. The van der Waals surface area contributed by atoms with E-state index >= 15 is 0 Å². The highest BCUT2D eigenvalue weighted by atomic mass is 19.1. The van der Waals surface area contributed by atoms with Crippen LogP contribution >= 0.6 is 0 Å². The summed E-state index contributed by atoms with van der Waals surface area (Å²) < 4.78 is 24.4. The van der Waals surface area contributed by atoms with E-state index in [1.165, 1.54) is 12.1 Å². The predicted octanol–water partition coefficient (Wildman–Crippen LogP) is 3.00. The first-order valence-corrected chi connectivity index (χ1v) is 9.48. The molecule has 2 amide bonds. The number of halogens is 1. The van der Waals surface area contributed by atoms with Gasteiger partial charge in [-0.3, -0.25) is 9.89 Å². The zero-order chi connectivity index (χ0) is 21.0. The van der Waals surface area contributed by atoms with Crippen molar-refractivity contribution in [2.24, 2.45) is 0 Å². The van der Waals surface area contributed by atoms with Crippen molar-refractivity contribution in [1.82, 2.24) is 15.5 Å². The Morgan fingerprint density at radius 3 is 2.86 bits per heavy atom. The predicted molar refractivity (Wildman–Crippen MR) is 104 cm³/mol. The van der Waals surface area contributed by atoms with Gasteiger partial charge in [-0.25, -0.2) is 9.18 Å². The molecule has 1 fully saturated rings. The maximum absolute atomic E-state index is 13.5. The Labute approximate surface area is 168 Å². The third kappa shape index (κ3) is 6.02. The van der Waals surface area contributed by atoms with Gasteiger partial charge in [-0.15, -0.1) is 0 Å². The second-order valence-corrected chi connectivity index (χ2v) is 7.45. The molecule has 9 heteroatoms. The molecule has 0 aliphatic carbocycles. The third-order valence-corrected chi connectivity index (χ3v) is 4.32. The Bertz CT molecular complexity index is 863. The summed E-state index contributed by atoms with van der Waals surface area (Å²) in [5, 5.41) is 12.3. The maximum atomic E-state index is 13.5. The number of carbonyl (C=O) groups excluding carboxylic acids is 2. The number of ether oxygens (including phenoxy) is 2. The van der Waals surface area contributed by atoms with Crippen molar-refractivity contribution in [1.29, 1.82) is 0 Å². The Hall–Kier alpha value is -2.94. The van der Waals surface area contributed by atoms with Crippen LogP contribution in [-0.4, -0.2) is 41.0 Å².